The van der Waals surface area contributed by atoms with E-state index in [0.29, 0.717) is 33.6 Å². The number of amides is 1. The van der Waals surface area contributed by atoms with Crippen LogP contribution >= 0.6 is 15.9 Å². The summed E-state index contributed by atoms with van der Waals surface area (Å²) in [5.74, 6) is 0.484. The third kappa shape index (κ3) is 4.01. The number of ether oxygens (including phenoxy) is 2. The van der Waals surface area contributed by atoms with Gasteiger partial charge in [0.2, 0.25) is 0 Å². The Morgan fingerprint density at radius 2 is 1.78 bits per heavy atom. The average molecular weight is 382 g/mol. The predicted molar refractivity (Wildman–Crippen MR) is 89.6 cm³/mol. The Morgan fingerprint density at radius 1 is 1.17 bits per heavy atom. The lowest BCUT2D eigenvalue weighted by Crippen LogP contribution is -2.23. The van der Waals surface area contributed by atoms with Gasteiger partial charge in [-0.15, -0.1) is 0 Å². The molecule has 2 aromatic carbocycles. The largest absolute Gasteiger partial charge is 0.495 e. The van der Waals surface area contributed by atoms with Crippen molar-refractivity contribution in [2.75, 3.05) is 14.2 Å². The van der Waals surface area contributed by atoms with E-state index in [2.05, 4.69) is 21.2 Å². The highest BCUT2D eigenvalue weighted by Gasteiger charge is 2.14. The van der Waals surface area contributed by atoms with Crippen molar-refractivity contribution in [2.24, 2.45) is 0 Å². The van der Waals surface area contributed by atoms with Crippen LogP contribution < -0.4 is 14.8 Å². The molecule has 2 rings (SSSR count). The molecule has 0 aliphatic heterocycles. The first kappa shape index (κ1) is 17.3. The number of hydrogen-bond donors (Lipinski definition) is 1. The molecule has 0 saturated carbocycles. The van der Waals surface area contributed by atoms with E-state index in [0.717, 1.165) is 5.56 Å². The van der Waals surface area contributed by atoms with Crippen molar-refractivity contribution in [3.05, 3.63) is 57.3 Å². The molecule has 4 nitrogen and oxygen atoms in total. The molecule has 0 radical (unpaired) electrons. The number of aryl methyl sites for hydroxylation is 1. The van der Waals surface area contributed by atoms with E-state index in [1.165, 1.54) is 20.3 Å². The van der Waals surface area contributed by atoms with Gasteiger partial charge in [0.1, 0.15) is 21.8 Å². The number of benzene rings is 2. The Bertz CT molecular complexity index is 709. The SMILES string of the molecule is COc1cc(C(=O)NCc2ccc(F)c(C)c2)cc(OC)c1Br. The zero-order chi connectivity index (χ0) is 17.0. The minimum absolute atomic E-state index is 0.262. The molecule has 23 heavy (non-hydrogen) atoms. The van der Waals surface area contributed by atoms with Gasteiger partial charge in [-0.3, -0.25) is 4.79 Å². The maximum Gasteiger partial charge on any atom is 0.251 e. The Morgan fingerprint density at radius 3 is 2.30 bits per heavy atom. The summed E-state index contributed by atoms with van der Waals surface area (Å²) in [7, 11) is 3.03. The number of nitrogens with one attached hydrogen (secondary N) is 1. The summed E-state index contributed by atoms with van der Waals surface area (Å²) in [6.45, 7) is 1.99. The third-order valence-corrected chi connectivity index (χ3v) is 4.16. The Hall–Kier alpha value is -2.08. The zero-order valence-electron chi connectivity index (χ0n) is 13.1. The molecule has 1 amide bonds. The van der Waals surface area contributed by atoms with Gasteiger partial charge in [0.25, 0.3) is 5.91 Å². The van der Waals surface area contributed by atoms with E-state index < -0.39 is 0 Å². The van der Waals surface area contributed by atoms with Gasteiger partial charge in [0, 0.05) is 12.1 Å². The zero-order valence-corrected chi connectivity index (χ0v) is 14.7. The second kappa shape index (κ2) is 7.46. The molecule has 0 unspecified atom stereocenters. The first-order chi connectivity index (χ1) is 11.0. The second-order valence-electron chi connectivity index (χ2n) is 4.96. The molecular weight excluding hydrogens is 365 g/mol. The molecule has 0 bridgehead atoms. The first-order valence-corrected chi connectivity index (χ1v) is 7.70. The van der Waals surface area contributed by atoms with Gasteiger partial charge in [0.15, 0.2) is 0 Å². The average Bonchev–Trinajstić information content (AvgIpc) is 2.55. The van der Waals surface area contributed by atoms with E-state index in [-0.39, 0.29) is 11.7 Å². The summed E-state index contributed by atoms with van der Waals surface area (Å²) in [5.41, 5.74) is 1.79. The highest BCUT2D eigenvalue weighted by molar-refractivity contribution is 9.10. The normalized spacial score (nSPS) is 10.3. The van der Waals surface area contributed by atoms with Crippen molar-refractivity contribution in [1.82, 2.24) is 5.32 Å². The van der Waals surface area contributed by atoms with Crippen molar-refractivity contribution < 1.29 is 18.7 Å². The van der Waals surface area contributed by atoms with Crippen LogP contribution in [-0.2, 0) is 6.54 Å². The van der Waals surface area contributed by atoms with Crippen LogP contribution in [0, 0.1) is 12.7 Å². The quantitative estimate of drug-likeness (QED) is 0.855. The fourth-order valence-electron chi connectivity index (χ4n) is 2.10. The van der Waals surface area contributed by atoms with Crippen LogP contribution in [-0.4, -0.2) is 20.1 Å². The van der Waals surface area contributed by atoms with Gasteiger partial charge in [-0.2, -0.15) is 0 Å². The third-order valence-electron chi connectivity index (χ3n) is 3.38. The van der Waals surface area contributed by atoms with Crippen LogP contribution in [0.2, 0.25) is 0 Å². The van der Waals surface area contributed by atoms with E-state index >= 15 is 0 Å². The molecule has 1 N–H and O–H groups in total. The Labute approximate surface area is 142 Å². The highest BCUT2D eigenvalue weighted by Crippen LogP contribution is 2.35. The van der Waals surface area contributed by atoms with Gasteiger partial charge in [-0.1, -0.05) is 12.1 Å². The standard InChI is InChI=1S/C17H17BrFNO3/c1-10-6-11(4-5-13(10)19)9-20-17(21)12-7-14(22-2)16(18)15(8-12)23-3/h4-8H,9H2,1-3H3,(H,20,21). The number of halogens is 2. The topological polar surface area (TPSA) is 47.6 Å². The molecule has 0 aliphatic carbocycles. The maximum atomic E-state index is 13.2. The minimum Gasteiger partial charge on any atom is -0.495 e. The minimum atomic E-state index is -0.268. The number of hydrogen-bond acceptors (Lipinski definition) is 3. The number of carbonyl (C=O) groups is 1. The van der Waals surface area contributed by atoms with Crippen LogP contribution in [0.25, 0.3) is 0 Å². The first-order valence-electron chi connectivity index (χ1n) is 6.91. The molecule has 0 aromatic heterocycles. The van der Waals surface area contributed by atoms with Gasteiger partial charge in [0.05, 0.1) is 14.2 Å². The molecule has 0 atom stereocenters. The molecule has 6 heteroatoms. The van der Waals surface area contributed by atoms with Gasteiger partial charge in [-0.05, 0) is 52.2 Å². The second-order valence-corrected chi connectivity index (χ2v) is 5.75. The summed E-state index contributed by atoms with van der Waals surface area (Å²) in [6, 6.07) is 7.99. The van der Waals surface area contributed by atoms with E-state index in [1.54, 1.807) is 31.2 Å². The molecule has 2 aromatic rings. The predicted octanol–water partition coefficient (Wildman–Crippen LogP) is 3.84. The molecule has 0 saturated heterocycles. The Kier molecular flexibility index (Phi) is 5.60. The van der Waals surface area contributed by atoms with Crippen LogP contribution in [0.3, 0.4) is 0 Å². The maximum absolute atomic E-state index is 13.2. The van der Waals surface area contributed by atoms with Gasteiger partial charge >= 0.3 is 0 Å². The van der Waals surface area contributed by atoms with Gasteiger partial charge in [-0.25, -0.2) is 4.39 Å². The van der Waals surface area contributed by atoms with Gasteiger partial charge < -0.3 is 14.8 Å². The summed E-state index contributed by atoms with van der Waals surface area (Å²) in [6.07, 6.45) is 0. The molecule has 122 valence electrons. The van der Waals surface area contributed by atoms with E-state index in [4.69, 9.17) is 9.47 Å². The lowest BCUT2D eigenvalue weighted by molar-refractivity contribution is 0.0950. The Balaban J connectivity index is 2.15. The van der Waals surface area contributed by atoms with E-state index in [9.17, 15) is 9.18 Å². The highest BCUT2D eigenvalue weighted by atomic mass is 79.9. The number of carbonyl (C=O) groups excluding carboxylic acids is 1. The van der Waals surface area contributed by atoms with Crippen LogP contribution in [0.1, 0.15) is 21.5 Å². The lowest BCUT2D eigenvalue weighted by atomic mass is 10.1. The van der Waals surface area contributed by atoms with Crippen LogP contribution in [0.5, 0.6) is 11.5 Å². The monoisotopic (exact) mass is 381 g/mol. The van der Waals surface area contributed by atoms with E-state index in [1.807, 2.05) is 0 Å². The number of methoxy groups -OCH3 is 2. The fourth-order valence-corrected chi connectivity index (χ4v) is 2.65. The van der Waals surface area contributed by atoms with Crippen LogP contribution in [0.4, 0.5) is 4.39 Å². The molecular formula is C17H17BrFNO3. The smallest absolute Gasteiger partial charge is 0.251 e. The fraction of sp³-hybridized carbons (Fsp3) is 0.235. The summed E-state index contributed by atoms with van der Waals surface area (Å²) < 4.78 is 24.3. The summed E-state index contributed by atoms with van der Waals surface area (Å²) in [5, 5.41) is 2.80. The molecule has 0 heterocycles. The molecule has 0 spiro atoms. The van der Waals surface area contributed by atoms with Crippen molar-refractivity contribution in [2.45, 2.75) is 13.5 Å². The molecule has 0 aliphatic rings. The van der Waals surface area contributed by atoms with Crippen molar-refractivity contribution in [3.8, 4) is 11.5 Å². The van der Waals surface area contributed by atoms with Crippen molar-refractivity contribution >= 4 is 21.8 Å². The van der Waals surface area contributed by atoms with Crippen molar-refractivity contribution in [1.29, 1.82) is 0 Å². The molecule has 0 fully saturated rings. The summed E-state index contributed by atoms with van der Waals surface area (Å²) >= 11 is 3.36. The van der Waals surface area contributed by atoms with Crippen molar-refractivity contribution in [3.63, 3.8) is 0 Å². The summed E-state index contributed by atoms with van der Waals surface area (Å²) in [4.78, 5) is 12.3. The number of rotatable bonds is 5. The lowest BCUT2D eigenvalue weighted by Gasteiger charge is -2.12. The van der Waals surface area contributed by atoms with Crippen LogP contribution in [0.15, 0.2) is 34.8 Å².